The summed E-state index contributed by atoms with van der Waals surface area (Å²) < 4.78 is 21.9. The smallest absolute Gasteiger partial charge is 0.343 e. The van der Waals surface area contributed by atoms with Crippen LogP contribution in [-0.4, -0.2) is 36.5 Å². The van der Waals surface area contributed by atoms with Crippen LogP contribution < -0.4 is 24.4 Å². The Balaban J connectivity index is 1.22. The van der Waals surface area contributed by atoms with E-state index in [-0.39, 0.29) is 18.2 Å². The van der Waals surface area contributed by atoms with Crippen molar-refractivity contribution in [2.45, 2.75) is 6.92 Å². The van der Waals surface area contributed by atoms with Gasteiger partial charge in [-0.25, -0.2) is 10.2 Å². The van der Waals surface area contributed by atoms with Crippen LogP contribution in [-0.2, 0) is 0 Å². The van der Waals surface area contributed by atoms with Gasteiger partial charge in [-0.15, -0.1) is 0 Å². The lowest BCUT2D eigenvalue weighted by Crippen LogP contribution is -2.19. The van der Waals surface area contributed by atoms with Gasteiger partial charge in [0.2, 0.25) is 6.79 Å². The molecule has 43 heavy (non-hydrogen) atoms. The Morgan fingerprint density at radius 2 is 1.77 bits per heavy atom. The van der Waals surface area contributed by atoms with Crippen molar-refractivity contribution in [1.82, 2.24) is 10.4 Å². The summed E-state index contributed by atoms with van der Waals surface area (Å²) >= 11 is 12.9. The first-order chi connectivity index (χ1) is 20.9. The number of para-hydroxylation sites is 1. The van der Waals surface area contributed by atoms with Crippen molar-refractivity contribution in [1.29, 1.82) is 0 Å². The largest absolute Gasteiger partial charge is 0.490 e. The Bertz CT molecular complexity index is 1900. The summed E-state index contributed by atoms with van der Waals surface area (Å²) in [5.41, 5.74) is 5.62. The van der Waals surface area contributed by atoms with Crippen molar-refractivity contribution >= 4 is 52.2 Å². The molecule has 11 heteroatoms. The third-order valence-corrected chi connectivity index (χ3v) is 7.26. The molecule has 2 heterocycles. The fraction of sp³-hybridized carbons (Fsp3) is 0.0938. The molecule has 2 N–H and O–H groups in total. The molecule has 0 spiro atoms. The second kappa shape index (κ2) is 12.1. The first-order valence-electron chi connectivity index (χ1n) is 13.2. The van der Waals surface area contributed by atoms with Gasteiger partial charge in [-0.1, -0.05) is 53.5 Å². The van der Waals surface area contributed by atoms with Crippen LogP contribution in [0, 0.1) is 0 Å². The second-order valence-electron chi connectivity index (χ2n) is 9.31. The number of halogens is 2. The molecule has 1 aliphatic rings. The van der Waals surface area contributed by atoms with Gasteiger partial charge in [0.25, 0.3) is 5.91 Å². The number of nitrogens with one attached hydrogen (secondary N) is 2. The van der Waals surface area contributed by atoms with Crippen LogP contribution in [0.5, 0.6) is 23.0 Å². The molecule has 0 bridgehead atoms. The molecule has 6 rings (SSSR count). The van der Waals surface area contributed by atoms with E-state index in [0.717, 1.165) is 5.39 Å². The Morgan fingerprint density at radius 1 is 0.953 bits per heavy atom. The molecule has 0 fully saturated rings. The third-order valence-electron chi connectivity index (χ3n) is 6.61. The predicted octanol–water partition coefficient (Wildman–Crippen LogP) is 7.25. The zero-order chi connectivity index (χ0) is 29.9. The van der Waals surface area contributed by atoms with E-state index >= 15 is 0 Å². The molecule has 4 aromatic carbocycles. The molecule has 0 atom stereocenters. The van der Waals surface area contributed by atoms with Crippen LogP contribution in [0.1, 0.15) is 33.3 Å². The summed E-state index contributed by atoms with van der Waals surface area (Å²) in [6.45, 7) is 2.25. The summed E-state index contributed by atoms with van der Waals surface area (Å²) in [6, 6.07) is 22.4. The summed E-state index contributed by atoms with van der Waals surface area (Å²) in [4.78, 5) is 29.3. The van der Waals surface area contributed by atoms with Gasteiger partial charge in [0.05, 0.1) is 28.9 Å². The molecular formula is C32H23Cl2N3O6. The number of hydrazone groups is 1. The molecule has 1 aliphatic heterocycles. The summed E-state index contributed by atoms with van der Waals surface area (Å²) in [5.74, 6) is 0.528. The lowest BCUT2D eigenvalue weighted by Gasteiger charge is -2.11. The first-order valence-corrected chi connectivity index (χ1v) is 14.0. The predicted molar refractivity (Wildman–Crippen MR) is 164 cm³/mol. The topological polar surface area (TPSA) is 111 Å². The van der Waals surface area contributed by atoms with Crippen molar-refractivity contribution < 1.29 is 28.5 Å². The number of ether oxygens (including phenoxy) is 4. The summed E-state index contributed by atoms with van der Waals surface area (Å²) in [7, 11) is 0. The van der Waals surface area contributed by atoms with E-state index in [1.807, 2.05) is 37.3 Å². The van der Waals surface area contributed by atoms with Crippen LogP contribution in [0.2, 0.25) is 10.0 Å². The highest BCUT2D eigenvalue weighted by atomic mass is 35.5. The second-order valence-corrected chi connectivity index (χ2v) is 10.1. The quantitative estimate of drug-likeness (QED) is 0.0823. The average molecular weight is 616 g/mol. The van der Waals surface area contributed by atoms with Gasteiger partial charge in [-0.05, 0) is 61.0 Å². The highest BCUT2D eigenvalue weighted by molar-refractivity contribution is 6.37. The highest BCUT2D eigenvalue weighted by Crippen LogP contribution is 2.39. The van der Waals surface area contributed by atoms with Gasteiger partial charge >= 0.3 is 5.97 Å². The fourth-order valence-electron chi connectivity index (χ4n) is 4.66. The number of rotatable bonds is 8. The number of benzene rings is 4. The Hall–Kier alpha value is -4.99. The number of amides is 1. The van der Waals surface area contributed by atoms with Crippen LogP contribution in [0.3, 0.4) is 0 Å². The van der Waals surface area contributed by atoms with Gasteiger partial charge in [-0.3, -0.25) is 4.79 Å². The number of H-pyrrole nitrogens is 1. The minimum absolute atomic E-state index is 0.102. The van der Waals surface area contributed by atoms with Gasteiger partial charge < -0.3 is 23.9 Å². The minimum atomic E-state index is -0.583. The molecule has 9 nitrogen and oxygen atoms in total. The zero-order valence-corrected chi connectivity index (χ0v) is 24.2. The molecule has 216 valence electrons. The molecular weight excluding hydrogens is 593 g/mol. The molecule has 1 amide bonds. The number of aromatic amines is 1. The van der Waals surface area contributed by atoms with E-state index in [0.29, 0.717) is 61.7 Å². The maximum absolute atomic E-state index is 13.3. The number of esters is 1. The molecule has 0 radical (unpaired) electrons. The monoisotopic (exact) mass is 615 g/mol. The van der Waals surface area contributed by atoms with E-state index in [1.165, 1.54) is 6.21 Å². The van der Waals surface area contributed by atoms with Crippen LogP contribution in [0.4, 0.5) is 0 Å². The maximum atomic E-state index is 13.3. The number of carbonyl (C=O) groups excluding carboxylic acids is 2. The average Bonchev–Trinajstić information content (AvgIpc) is 3.64. The van der Waals surface area contributed by atoms with Crippen molar-refractivity contribution in [3.05, 3.63) is 106 Å². The minimum Gasteiger partial charge on any atom is -0.490 e. The molecule has 5 aromatic rings. The third kappa shape index (κ3) is 5.73. The van der Waals surface area contributed by atoms with Gasteiger partial charge in [0, 0.05) is 21.5 Å². The first kappa shape index (κ1) is 28.1. The van der Waals surface area contributed by atoms with Gasteiger partial charge in [0.1, 0.15) is 5.69 Å². The SMILES string of the molecule is CCOc1cc(C=NNC(=O)c2[nH]c3c(Cl)cccc3c2-c2ccccc2Cl)ccc1OC(=O)c1ccc2c(c1)OCO2. The van der Waals surface area contributed by atoms with Crippen molar-refractivity contribution in [3.8, 4) is 34.1 Å². The Morgan fingerprint density at radius 3 is 2.60 bits per heavy atom. The Kier molecular flexibility index (Phi) is 7.91. The van der Waals surface area contributed by atoms with Gasteiger partial charge in [-0.2, -0.15) is 5.10 Å². The van der Waals surface area contributed by atoms with Crippen LogP contribution in [0.15, 0.2) is 84.0 Å². The molecule has 0 unspecified atom stereocenters. The lowest BCUT2D eigenvalue weighted by atomic mass is 10.0. The summed E-state index contributed by atoms with van der Waals surface area (Å²) in [6.07, 6.45) is 1.45. The normalized spacial score (nSPS) is 12.1. The fourth-order valence-corrected chi connectivity index (χ4v) is 5.11. The van der Waals surface area contributed by atoms with E-state index in [4.69, 9.17) is 42.1 Å². The molecule has 1 aromatic heterocycles. The Labute approximate surface area is 255 Å². The van der Waals surface area contributed by atoms with Crippen molar-refractivity contribution in [3.63, 3.8) is 0 Å². The van der Waals surface area contributed by atoms with Crippen molar-refractivity contribution in [2.24, 2.45) is 5.10 Å². The number of hydrogen-bond donors (Lipinski definition) is 2. The van der Waals surface area contributed by atoms with Gasteiger partial charge in [0.15, 0.2) is 23.0 Å². The van der Waals surface area contributed by atoms with Crippen LogP contribution >= 0.6 is 23.2 Å². The van der Waals surface area contributed by atoms with E-state index in [2.05, 4.69) is 15.5 Å². The van der Waals surface area contributed by atoms with E-state index in [9.17, 15) is 9.59 Å². The highest BCUT2D eigenvalue weighted by Gasteiger charge is 2.22. The number of aromatic nitrogens is 1. The van der Waals surface area contributed by atoms with Crippen LogP contribution in [0.25, 0.3) is 22.0 Å². The number of nitrogens with zero attached hydrogens (tertiary/aromatic N) is 1. The molecule has 0 aliphatic carbocycles. The number of fused-ring (bicyclic) bond motifs is 2. The summed E-state index contributed by atoms with van der Waals surface area (Å²) in [5, 5.41) is 5.85. The maximum Gasteiger partial charge on any atom is 0.343 e. The molecule has 0 saturated carbocycles. The van der Waals surface area contributed by atoms with E-state index < -0.39 is 11.9 Å². The zero-order valence-electron chi connectivity index (χ0n) is 22.6. The lowest BCUT2D eigenvalue weighted by molar-refractivity contribution is 0.0727. The van der Waals surface area contributed by atoms with Crippen molar-refractivity contribution in [2.75, 3.05) is 13.4 Å². The number of carbonyl (C=O) groups is 2. The molecule has 0 saturated heterocycles. The standard InChI is InChI=1S/C32H23Cl2N3O6/c1-2-40-26-14-18(10-12-25(26)43-32(39)19-11-13-24-27(15-19)42-17-41-24)16-35-37-31(38)30-28(20-6-3-4-8-22(20)33)21-7-5-9-23(34)29(21)36-30/h3-16,36H,2,17H2,1H3,(H,37,38). The van der Waals surface area contributed by atoms with E-state index in [1.54, 1.807) is 48.5 Å². The number of hydrogen-bond acceptors (Lipinski definition) is 7.